The fourth-order valence-electron chi connectivity index (χ4n) is 2.64. The Morgan fingerprint density at radius 2 is 2.09 bits per heavy atom. The Morgan fingerprint density at radius 1 is 1.35 bits per heavy atom. The lowest BCUT2D eigenvalue weighted by atomic mass is 10.0. The van der Waals surface area contributed by atoms with Crippen LogP contribution in [0.15, 0.2) is 29.2 Å². The maximum atomic E-state index is 12.2. The fourth-order valence-corrected chi connectivity index (χ4v) is 3.79. The molecule has 1 atom stereocenters. The van der Waals surface area contributed by atoms with Gasteiger partial charge in [-0.15, -0.1) is 11.8 Å². The number of hydrogen-bond donors (Lipinski definition) is 0. The minimum Gasteiger partial charge on any atom is -0.496 e. The van der Waals surface area contributed by atoms with Gasteiger partial charge >= 0.3 is 6.09 Å². The summed E-state index contributed by atoms with van der Waals surface area (Å²) in [6.07, 6.45) is 2.00. The van der Waals surface area contributed by atoms with E-state index in [0.29, 0.717) is 5.92 Å². The van der Waals surface area contributed by atoms with Crippen molar-refractivity contribution in [1.29, 1.82) is 0 Å². The van der Waals surface area contributed by atoms with Gasteiger partial charge in [-0.1, -0.05) is 12.1 Å². The summed E-state index contributed by atoms with van der Waals surface area (Å²) in [6, 6.07) is 8.07. The molecule has 1 aromatic carbocycles. The van der Waals surface area contributed by atoms with Gasteiger partial charge in [0, 0.05) is 23.7 Å². The van der Waals surface area contributed by atoms with Gasteiger partial charge in [0.25, 0.3) is 0 Å². The Kier molecular flexibility index (Phi) is 6.22. The molecule has 1 aromatic rings. The summed E-state index contributed by atoms with van der Waals surface area (Å²) in [5.41, 5.74) is -0.434. The van der Waals surface area contributed by atoms with E-state index < -0.39 is 5.60 Å². The van der Waals surface area contributed by atoms with Crippen LogP contribution in [0.3, 0.4) is 0 Å². The highest BCUT2D eigenvalue weighted by Gasteiger charge is 2.27. The molecule has 1 unspecified atom stereocenters. The van der Waals surface area contributed by atoms with E-state index in [4.69, 9.17) is 9.47 Å². The first kappa shape index (κ1) is 18.0. The zero-order valence-electron chi connectivity index (χ0n) is 14.5. The number of para-hydroxylation sites is 1. The van der Waals surface area contributed by atoms with Gasteiger partial charge in [0.15, 0.2) is 0 Å². The molecular formula is C18H27NO3S. The Balaban J connectivity index is 1.88. The molecule has 1 aliphatic rings. The molecule has 128 valence electrons. The van der Waals surface area contributed by atoms with Gasteiger partial charge in [-0.3, -0.25) is 0 Å². The van der Waals surface area contributed by atoms with Crippen LogP contribution >= 0.6 is 11.8 Å². The molecule has 1 amide bonds. The van der Waals surface area contributed by atoms with Gasteiger partial charge in [-0.25, -0.2) is 4.79 Å². The minimum atomic E-state index is -0.434. The molecule has 2 rings (SSSR count). The van der Waals surface area contributed by atoms with Gasteiger partial charge in [0.05, 0.1) is 7.11 Å². The summed E-state index contributed by atoms with van der Waals surface area (Å²) >= 11 is 1.80. The molecule has 1 saturated heterocycles. The number of ether oxygens (including phenoxy) is 2. The van der Waals surface area contributed by atoms with Crippen molar-refractivity contribution in [3.63, 3.8) is 0 Å². The van der Waals surface area contributed by atoms with Crippen molar-refractivity contribution in [1.82, 2.24) is 4.90 Å². The first-order valence-corrected chi connectivity index (χ1v) is 9.11. The molecule has 0 spiro atoms. The smallest absolute Gasteiger partial charge is 0.410 e. The number of carbonyl (C=O) groups excluding carboxylic acids is 1. The van der Waals surface area contributed by atoms with Crippen molar-refractivity contribution >= 4 is 17.9 Å². The van der Waals surface area contributed by atoms with E-state index in [-0.39, 0.29) is 6.09 Å². The molecule has 4 nitrogen and oxygen atoms in total. The lowest BCUT2D eigenvalue weighted by molar-refractivity contribution is 0.0177. The van der Waals surface area contributed by atoms with Crippen LogP contribution in [0.25, 0.3) is 0 Å². The number of piperidine rings is 1. The van der Waals surface area contributed by atoms with Gasteiger partial charge in [-0.05, 0) is 51.7 Å². The zero-order valence-corrected chi connectivity index (χ0v) is 15.3. The second-order valence-corrected chi connectivity index (χ2v) is 7.96. The summed E-state index contributed by atoms with van der Waals surface area (Å²) in [4.78, 5) is 15.2. The van der Waals surface area contributed by atoms with E-state index in [1.807, 2.05) is 43.9 Å². The maximum Gasteiger partial charge on any atom is 0.410 e. The molecule has 0 bridgehead atoms. The first-order valence-electron chi connectivity index (χ1n) is 8.13. The monoisotopic (exact) mass is 337 g/mol. The average molecular weight is 337 g/mol. The van der Waals surface area contributed by atoms with Gasteiger partial charge in [0.2, 0.25) is 0 Å². The Hall–Kier alpha value is -1.36. The van der Waals surface area contributed by atoms with E-state index in [2.05, 4.69) is 6.07 Å². The molecule has 0 saturated carbocycles. The predicted molar refractivity (Wildman–Crippen MR) is 94.2 cm³/mol. The average Bonchev–Trinajstić information content (AvgIpc) is 2.52. The Morgan fingerprint density at radius 3 is 2.78 bits per heavy atom. The van der Waals surface area contributed by atoms with Crippen molar-refractivity contribution in [2.45, 2.75) is 44.1 Å². The Labute approximate surface area is 143 Å². The summed E-state index contributed by atoms with van der Waals surface area (Å²) in [5.74, 6) is 2.39. The lowest BCUT2D eigenvalue weighted by Crippen LogP contribution is -2.43. The third-order valence-corrected chi connectivity index (χ3v) is 5.00. The van der Waals surface area contributed by atoms with E-state index in [9.17, 15) is 4.79 Å². The van der Waals surface area contributed by atoms with Crippen LogP contribution in [-0.4, -0.2) is 42.5 Å². The largest absolute Gasteiger partial charge is 0.496 e. The SMILES string of the molecule is COc1ccccc1SCC1CCCN(C(=O)OC(C)(C)C)C1. The zero-order chi connectivity index (χ0) is 16.9. The first-order chi connectivity index (χ1) is 10.9. The standard InChI is InChI=1S/C18H27NO3S/c1-18(2,3)22-17(20)19-11-7-8-14(12-19)13-23-16-10-6-5-9-15(16)21-4/h5-6,9-10,14H,7-8,11-13H2,1-4H3. The number of carbonyl (C=O) groups is 1. The molecule has 0 N–H and O–H groups in total. The Bertz CT molecular complexity index is 527. The fraction of sp³-hybridized carbons (Fsp3) is 0.611. The van der Waals surface area contributed by atoms with Crippen molar-refractivity contribution < 1.29 is 14.3 Å². The van der Waals surface area contributed by atoms with Gasteiger partial charge in [-0.2, -0.15) is 0 Å². The minimum absolute atomic E-state index is 0.190. The van der Waals surface area contributed by atoms with Crippen molar-refractivity contribution in [2.24, 2.45) is 5.92 Å². The molecule has 1 heterocycles. The highest BCUT2D eigenvalue weighted by atomic mass is 32.2. The molecule has 1 fully saturated rings. The normalized spacial score (nSPS) is 18.6. The third kappa shape index (κ3) is 5.65. The number of thioether (sulfide) groups is 1. The van der Waals surface area contributed by atoms with Crippen molar-refractivity contribution in [3.8, 4) is 5.75 Å². The number of hydrogen-bond acceptors (Lipinski definition) is 4. The number of nitrogens with zero attached hydrogens (tertiary/aromatic N) is 1. The van der Waals surface area contributed by atoms with E-state index in [1.54, 1.807) is 18.9 Å². The summed E-state index contributed by atoms with van der Waals surface area (Å²) in [7, 11) is 1.70. The van der Waals surface area contributed by atoms with E-state index >= 15 is 0 Å². The molecule has 5 heteroatoms. The van der Waals surface area contributed by atoms with E-state index in [1.165, 1.54) is 0 Å². The van der Waals surface area contributed by atoms with Crippen LogP contribution in [0.4, 0.5) is 4.79 Å². The predicted octanol–water partition coefficient (Wildman–Crippen LogP) is 4.43. The molecule has 0 aliphatic carbocycles. The highest BCUT2D eigenvalue weighted by molar-refractivity contribution is 7.99. The van der Waals surface area contributed by atoms with Crippen LogP contribution in [0.2, 0.25) is 0 Å². The van der Waals surface area contributed by atoms with Crippen LogP contribution < -0.4 is 4.74 Å². The van der Waals surface area contributed by atoms with Crippen molar-refractivity contribution in [3.05, 3.63) is 24.3 Å². The molecule has 1 aliphatic heterocycles. The van der Waals surface area contributed by atoms with Crippen LogP contribution in [0.1, 0.15) is 33.6 Å². The number of benzene rings is 1. The third-order valence-electron chi connectivity index (χ3n) is 3.71. The molecule has 0 radical (unpaired) electrons. The molecule has 23 heavy (non-hydrogen) atoms. The van der Waals surface area contributed by atoms with Gasteiger partial charge < -0.3 is 14.4 Å². The maximum absolute atomic E-state index is 12.2. The second kappa shape index (κ2) is 7.95. The van der Waals surface area contributed by atoms with Gasteiger partial charge in [0.1, 0.15) is 11.4 Å². The lowest BCUT2D eigenvalue weighted by Gasteiger charge is -2.34. The summed E-state index contributed by atoms with van der Waals surface area (Å²) in [5, 5.41) is 0. The molecular weight excluding hydrogens is 310 g/mol. The summed E-state index contributed by atoms with van der Waals surface area (Å²) < 4.78 is 10.9. The topological polar surface area (TPSA) is 38.8 Å². The van der Waals surface area contributed by atoms with E-state index in [0.717, 1.165) is 42.3 Å². The highest BCUT2D eigenvalue weighted by Crippen LogP contribution is 2.32. The van der Waals surface area contributed by atoms with Crippen LogP contribution in [0.5, 0.6) is 5.75 Å². The van der Waals surface area contributed by atoms with Crippen LogP contribution in [-0.2, 0) is 4.74 Å². The van der Waals surface area contributed by atoms with Crippen LogP contribution in [0, 0.1) is 5.92 Å². The number of likely N-dealkylation sites (tertiary alicyclic amines) is 1. The number of methoxy groups -OCH3 is 1. The number of amides is 1. The summed E-state index contributed by atoms with van der Waals surface area (Å²) in [6.45, 7) is 7.29. The quantitative estimate of drug-likeness (QED) is 0.762. The number of rotatable bonds is 4. The van der Waals surface area contributed by atoms with Crippen molar-refractivity contribution in [2.75, 3.05) is 26.0 Å². The second-order valence-electron chi connectivity index (χ2n) is 6.90. The molecule has 0 aromatic heterocycles.